The lowest BCUT2D eigenvalue weighted by Gasteiger charge is -2.43. The number of allylic oxidation sites excluding steroid dienone is 1. The van der Waals surface area contributed by atoms with Gasteiger partial charge < -0.3 is 4.43 Å². The average molecular weight is 464 g/mol. The Kier molecular flexibility index (Phi) is 7.06. The lowest BCUT2D eigenvalue weighted by Crippen LogP contribution is -2.66. The van der Waals surface area contributed by atoms with Crippen LogP contribution < -0.4 is 10.4 Å². The van der Waals surface area contributed by atoms with Crippen LogP contribution in [0.3, 0.4) is 0 Å². The third-order valence-electron chi connectivity index (χ3n) is 4.49. The van der Waals surface area contributed by atoms with Crippen LogP contribution in [0.2, 0.25) is 5.04 Å². The Bertz CT molecular complexity index is 645. The third kappa shape index (κ3) is 4.83. The van der Waals surface area contributed by atoms with Crippen molar-refractivity contribution in [1.29, 1.82) is 0 Å². The largest absolute Gasteiger partial charge is 0.407 e. The molecular weight excluding hydrogens is 435 g/mol. The van der Waals surface area contributed by atoms with Crippen LogP contribution in [-0.2, 0) is 4.43 Å². The second kappa shape index (κ2) is 8.65. The van der Waals surface area contributed by atoms with Gasteiger partial charge in [0.15, 0.2) is 0 Å². The second-order valence-corrected chi connectivity index (χ2v) is 13.7. The lowest BCUT2D eigenvalue weighted by molar-refractivity contribution is 0.267. The minimum Gasteiger partial charge on any atom is -0.407 e. The molecule has 0 aliphatic rings. The zero-order valence-corrected chi connectivity index (χ0v) is 19.1. The van der Waals surface area contributed by atoms with Crippen molar-refractivity contribution in [3.63, 3.8) is 0 Å². The van der Waals surface area contributed by atoms with E-state index < -0.39 is 8.32 Å². The first kappa shape index (κ1) is 20.4. The van der Waals surface area contributed by atoms with Gasteiger partial charge in [0.2, 0.25) is 0 Å². The van der Waals surface area contributed by atoms with Gasteiger partial charge in [-0.1, -0.05) is 94.4 Å². The lowest BCUT2D eigenvalue weighted by atomic mass is 10.2. The van der Waals surface area contributed by atoms with Crippen molar-refractivity contribution in [2.75, 3.05) is 6.61 Å². The van der Waals surface area contributed by atoms with Crippen molar-refractivity contribution in [3.05, 3.63) is 70.3 Å². The molecule has 1 atom stereocenters. The van der Waals surface area contributed by atoms with E-state index in [2.05, 4.69) is 124 Å². The Morgan fingerprint density at radius 2 is 1.44 bits per heavy atom. The van der Waals surface area contributed by atoms with Crippen LogP contribution in [0.1, 0.15) is 34.6 Å². The molecule has 0 amide bonds. The van der Waals surface area contributed by atoms with Gasteiger partial charge in [-0.3, -0.25) is 0 Å². The molecule has 0 aliphatic heterocycles. The van der Waals surface area contributed by atoms with Gasteiger partial charge in [0.1, 0.15) is 0 Å². The summed E-state index contributed by atoms with van der Waals surface area (Å²) in [5.74, 6) is 0.401. The molecule has 1 unspecified atom stereocenters. The Morgan fingerprint density at radius 3 is 1.80 bits per heavy atom. The van der Waals surface area contributed by atoms with Gasteiger partial charge in [0.05, 0.1) is 0 Å². The zero-order valence-electron chi connectivity index (χ0n) is 15.9. The molecule has 0 radical (unpaired) electrons. The fraction of sp³-hybridized carbons (Fsp3) is 0.364. The molecule has 0 saturated carbocycles. The van der Waals surface area contributed by atoms with Crippen LogP contribution in [0.4, 0.5) is 0 Å². The molecule has 0 aromatic heterocycles. The highest BCUT2D eigenvalue weighted by Crippen LogP contribution is 2.37. The molecule has 0 aliphatic carbocycles. The topological polar surface area (TPSA) is 9.23 Å². The highest BCUT2D eigenvalue weighted by molar-refractivity contribution is 14.1. The summed E-state index contributed by atoms with van der Waals surface area (Å²) in [4.78, 5) is 0. The normalized spacial score (nSPS) is 14.4. The number of hydrogen-bond donors (Lipinski definition) is 0. The second-order valence-electron chi connectivity index (χ2n) is 7.70. The molecule has 0 heterocycles. The minimum atomic E-state index is -2.39. The van der Waals surface area contributed by atoms with Crippen molar-refractivity contribution >= 4 is 41.3 Å². The van der Waals surface area contributed by atoms with Crippen molar-refractivity contribution in [2.24, 2.45) is 5.92 Å². The maximum absolute atomic E-state index is 6.92. The fourth-order valence-electron chi connectivity index (χ4n) is 3.46. The summed E-state index contributed by atoms with van der Waals surface area (Å²) < 4.78 is 8.24. The standard InChI is InChI=1S/C22H29IOSi/c1-18(16-19(2)23)17-24-25(22(3,4)5,20-12-8-6-9-13-20)21-14-10-7-11-15-21/h6-16,18H,17H2,1-5H3/b19-16-. The Balaban J connectivity index is 2.55. The number of benzene rings is 2. The van der Waals surface area contributed by atoms with E-state index in [1.54, 1.807) is 0 Å². The highest BCUT2D eigenvalue weighted by atomic mass is 127. The maximum Gasteiger partial charge on any atom is 0.261 e. The van der Waals surface area contributed by atoms with Gasteiger partial charge in [-0.2, -0.15) is 0 Å². The number of hydrogen-bond acceptors (Lipinski definition) is 1. The molecule has 134 valence electrons. The number of rotatable bonds is 6. The first-order chi connectivity index (χ1) is 11.8. The van der Waals surface area contributed by atoms with Crippen LogP contribution >= 0.6 is 22.6 Å². The average Bonchev–Trinajstić information content (AvgIpc) is 2.55. The van der Waals surface area contributed by atoms with E-state index in [1.165, 1.54) is 14.0 Å². The van der Waals surface area contributed by atoms with Crippen LogP contribution in [0.15, 0.2) is 70.3 Å². The van der Waals surface area contributed by atoms with E-state index in [1.807, 2.05) is 0 Å². The molecule has 0 bridgehead atoms. The predicted molar refractivity (Wildman–Crippen MR) is 121 cm³/mol. The van der Waals surface area contributed by atoms with Crippen molar-refractivity contribution < 1.29 is 4.43 Å². The third-order valence-corrected chi connectivity index (χ3v) is 9.86. The first-order valence-electron chi connectivity index (χ1n) is 8.86. The fourth-order valence-corrected chi connectivity index (χ4v) is 8.74. The molecular formula is C22H29IOSi. The molecule has 0 saturated heterocycles. The van der Waals surface area contributed by atoms with Crippen LogP contribution in [0.5, 0.6) is 0 Å². The molecule has 1 nitrogen and oxygen atoms in total. The number of halogens is 1. The Labute approximate surface area is 167 Å². The molecule has 0 spiro atoms. The SMILES string of the molecule is C/C(I)=C/C(C)CO[Si](c1ccccc1)(c1ccccc1)C(C)(C)C. The zero-order chi connectivity index (χ0) is 18.5. The maximum atomic E-state index is 6.92. The summed E-state index contributed by atoms with van der Waals surface area (Å²) in [6.45, 7) is 12.1. The van der Waals surface area contributed by atoms with Crippen molar-refractivity contribution in [2.45, 2.75) is 39.7 Å². The Hall–Kier alpha value is -0.913. The van der Waals surface area contributed by atoms with Crippen molar-refractivity contribution in [3.8, 4) is 0 Å². The summed E-state index contributed by atoms with van der Waals surface area (Å²) in [5.41, 5.74) is 0. The summed E-state index contributed by atoms with van der Waals surface area (Å²) >= 11 is 2.37. The molecule has 25 heavy (non-hydrogen) atoms. The summed E-state index contributed by atoms with van der Waals surface area (Å²) in [6.07, 6.45) is 2.29. The Morgan fingerprint density at radius 1 is 1.00 bits per heavy atom. The van der Waals surface area contributed by atoms with E-state index >= 15 is 0 Å². The van der Waals surface area contributed by atoms with Crippen LogP contribution in [-0.4, -0.2) is 14.9 Å². The first-order valence-corrected chi connectivity index (χ1v) is 11.8. The van der Waals surface area contributed by atoms with E-state index in [4.69, 9.17) is 4.43 Å². The molecule has 2 aromatic carbocycles. The van der Waals surface area contributed by atoms with Gasteiger partial charge in [0.25, 0.3) is 8.32 Å². The smallest absolute Gasteiger partial charge is 0.261 e. The molecule has 2 aromatic rings. The monoisotopic (exact) mass is 464 g/mol. The van der Waals surface area contributed by atoms with Gasteiger partial charge in [-0.15, -0.1) is 0 Å². The van der Waals surface area contributed by atoms with Crippen LogP contribution in [0, 0.1) is 5.92 Å². The summed E-state index contributed by atoms with van der Waals surface area (Å²) in [7, 11) is -2.39. The van der Waals surface area contributed by atoms with Crippen LogP contribution in [0.25, 0.3) is 0 Å². The van der Waals surface area contributed by atoms with Crippen molar-refractivity contribution in [1.82, 2.24) is 0 Å². The molecule has 3 heteroatoms. The molecule has 0 N–H and O–H groups in total. The van der Waals surface area contributed by atoms with E-state index in [9.17, 15) is 0 Å². The minimum absolute atomic E-state index is 0.0402. The van der Waals surface area contributed by atoms with Gasteiger partial charge in [0, 0.05) is 6.61 Å². The van der Waals surface area contributed by atoms with Gasteiger partial charge >= 0.3 is 0 Å². The van der Waals surface area contributed by atoms with Gasteiger partial charge in [-0.25, -0.2) is 0 Å². The predicted octanol–water partition coefficient (Wildman–Crippen LogP) is 5.54. The summed E-state index contributed by atoms with van der Waals surface area (Å²) in [5, 5.41) is 2.73. The molecule has 2 rings (SSSR count). The van der Waals surface area contributed by atoms with E-state index in [0.717, 1.165) is 6.61 Å². The quantitative estimate of drug-likeness (QED) is 0.403. The highest BCUT2D eigenvalue weighted by Gasteiger charge is 2.50. The van der Waals surface area contributed by atoms with E-state index in [-0.39, 0.29) is 5.04 Å². The molecule has 0 fully saturated rings. The van der Waals surface area contributed by atoms with E-state index in [0.29, 0.717) is 5.92 Å². The van der Waals surface area contributed by atoms with Gasteiger partial charge in [-0.05, 0) is 54.4 Å². The summed E-state index contributed by atoms with van der Waals surface area (Å²) in [6, 6.07) is 21.7.